The number of esters is 2. The van der Waals surface area contributed by atoms with Crippen molar-refractivity contribution in [2.24, 2.45) is 5.73 Å². The summed E-state index contributed by atoms with van der Waals surface area (Å²) in [4.78, 5) is 113. The molecule has 63 heavy (non-hydrogen) atoms. The third-order valence-corrected chi connectivity index (χ3v) is 8.81. The van der Waals surface area contributed by atoms with Gasteiger partial charge in [-0.05, 0) is 0 Å². The molecule has 2 unspecified atom stereocenters. The lowest BCUT2D eigenvalue weighted by Crippen LogP contribution is -2.62. The highest BCUT2D eigenvalue weighted by atomic mass is 19.1. The van der Waals surface area contributed by atoms with E-state index in [0.717, 1.165) is 35.8 Å². The van der Waals surface area contributed by atoms with Gasteiger partial charge in [0.15, 0.2) is 24.9 Å². The largest absolute Gasteiger partial charge is 0.481 e. The molecule has 4 aliphatic rings. The molecular formula is C36H50F2N6O19. The summed E-state index contributed by atoms with van der Waals surface area (Å²) >= 11 is 0. The number of aliphatic carboxylic acids is 1. The van der Waals surface area contributed by atoms with Gasteiger partial charge in [0.1, 0.15) is 49.7 Å². The van der Waals surface area contributed by atoms with Crippen LogP contribution in [0, 0.1) is 0 Å². The predicted octanol–water partition coefficient (Wildman–Crippen LogP) is -5.54. The van der Waals surface area contributed by atoms with Gasteiger partial charge in [-0.25, -0.2) is 8.78 Å². The van der Waals surface area contributed by atoms with Crippen LogP contribution in [0.15, 0.2) is 24.3 Å². The SMILES string of the molecule is CC(=O)N[C@H]1C(O)O[C@H](COC(=O)CCC(=O)NCCN2C(=O)C=CC2=O)[C@@H](F)[C@@H]1O.CC(=O)N[C@H]1C(O)O[C@H](COC(=O)CCC(=O)O)[C@@H](F)[C@@H]1O.NCCN1C(=O)C=CC1=O. The van der Waals surface area contributed by atoms with E-state index in [0.29, 0.717) is 13.1 Å². The van der Waals surface area contributed by atoms with Crippen molar-refractivity contribution < 1.29 is 101 Å². The van der Waals surface area contributed by atoms with Crippen LogP contribution >= 0.6 is 0 Å². The van der Waals surface area contributed by atoms with Gasteiger partial charge in [0.25, 0.3) is 23.6 Å². The quantitative estimate of drug-likeness (QED) is 0.0485. The number of carboxylic acid groups (broad SMARTS) is 1. The first-order valence-electron chi connectivity index (χ1n) is 19.0. The molecule has 4 heterocycles. The molecule has 4 rings (SSSR count). The minimum Gasteiger partial charge on any atom is -0.481 e. The van der Waals surface area contributed by atoms with Gasteiger partial charge in [0.05, 0.1) is 19.3 Å². The number of nitrogens with zero attached hydrogens (tertiary/aromatic N) is 2. The van der Waals surface area contributed by atoms with E-state index < -0.39 is 135 Å². The maximum absolute atomic E-state index is 14.3. The molecule has 25 nitrogen and oxygen atoms in total. The van der Waals surface area contributed by atoms with Gasteiger partial charge in [-0.1, -0.05) is 0 Å². The Kier molecular flexibility index (Phi) is 21.9. The first-order valence-corrected chi connectivity index (χ1v) is 19.0. The van der Waals surface area contributed by atoms with Gasteiger partial charge in [-0.2, -0.15) is 0 Å². The molecular weight excluding hydrogens is 858 g/mol. The van der Waals surface area contributed by atoms with Crippen molar-refractivity contribution >= 4 is 59.3 Å². The molecule has 4 aliphatic heterocycles. The van der Waals surface area contributed by atoms with Crippen LogP contribution in [-0.4, -0.2) is 195 Å². The molecule has 352 valence electrons. The number of carbonyl (C=O) groups is 10. The number of nitrogens with one attached hydrogen (secondary N) is 3. The van der Waals surface area contributed by atoms with Crippen molar-refractivity contribution in [1.82, 2.24) is 25.8 Å². The third kappa shape index (κ3) is 17.5. The van der Waals surface area contributed by atoms with Crippen molar-refractivity contribution in [3.63, 3.8) is 0 Å². The summed E-state index contributed by atoms with van der Waals surface area (Å²) in [5.41, 5.74) is 5.16. The molecule has 0 aromatic rings. The highest BCUT2D eigenvalue weighted by Gasteiger charge is 2.47. The fourth-order valence-electron chi connectivity index (χ4n) is 5.64. The summed E-state index contributed by atoms with van der Waals surface area (Å²) in [7, 11) is 0. The molecule has 2 fully saturated rings. The molecule has 10 atom stereocenters. The number of aliphatic hydroxyl groups is 4. The molecule has 0 aromatic carbocycles. The van der Waals surface area contributed by atoms with Crippen LogP contribution in [0.4, 0.5) is 8.78 Å². The lowest BCUT2D eigenvalue weighted by Gasteiger charge is -2.39. The second-order valence-electron chi connectivity index (χ2n) is 13.7. The maximum Gasteiger partial charge on any atom is 0.306 e. The van der Waals surface area contributed by atoms with Crippen LogP contribution in [0.5, 0.6) is 0 Å². The van der Waals surface area contributed by atoms with Crippen LogP contribution in [0.1, 0.15) is 39.5 Å². The number of halogens is 2. The molecule has 0 spiro atoms. The molecule has 7 amide bonds. The number of amides is 7. The molecule has 0 radical (unpaired) electrons. The number of carbonyl (C=O) groups excluding carboxylic acids is 9. The number of nitrogens with two attached hydrogens (primary N) is 1. The number of imide groups is 2. The van der Waals surface area contributed by atoms with E-state index in [1.165, 1.54) is 12.2 Å². The van der Waals surface area contributed by atoms with Crippen LogP contribution < -0.4 is 21.7 Å². The fourth-order valence-corrected chi connectivity index (χ4v) is 5.64. The van der Waals surface area contributed by atoms with Crippen LogP contribution in [-0.2, 0) is 66.9 Å². The number of hydrogen-bond acceptors (Lipinski definition) is 19. The summed E-state index contributed by atoms with van der Waals surface area (Å²) in [6.07, 6.45) is -10.5. The molecule has 2 saturated heterocycles. The zero-order chi connectivity index (χ0) is 47.6. The summed E-state index contributed by atoms with van der Waals surface area (Å²) in [5.74, 6) is -6.08. The highest BCUT2D eigenvalue weighted by molar-refractivity contribution is 6.13. The van der Waals surface area contributed by atoms with Gasteiger partial charge >= 0.3 is 17.9 Å². The van der Waals surface area contributed by atoms with Gasteiger partial charge in [-0.3, -0.25) is 57.7 Å². The Hall–Kier alpha value is -5.84. The Morgan fingerprint density at radius 1 is 0.667 bits per heavy atom. The molecule has 10 N–H and O–H groups in total. The monoisotopic (exact) mass is 908 g/mol. The van der Waals surface area contributed by atoms with E-state index in [2.05, 4.69) is 20.7 Å². The maximum atomic E-state index is 14.3. The van der Waals surface area contributed by atoms with Crippen molar-refractivity contribution in [2.45, 2.75) is 101 Å². The minimum atomic E-state index is -2.04. The molecule has 0 aromatic heterocycles. The Morgan fingerprint density at radius 2 is 1.05 bits per heavy atom. The van der Waals surface area contributed by atoms with Gasteiger partial charge in [-0.15, -0.1) is 0 Å². The van der Waals surface area contributed by atoms with E-state index >= 15 is 0 Å². The average molecular weight is 909 g/mol. The number of hydrogen-bond donors (Lipinski definition) is 9. The Labute approximate surface area is 356 Å². The Bertz CT molecular complexity index is 1720. The van der Waals surface area contributed by atoms with Gasteiger partial charge in [0.2, 0.25) is 17.7 Å². The summed E-state index contributed by atoms with van der Waals surface area (Å²) in [5, 5.41) is 54.2. The third-order valence-electron chi connectivity index (χ3n) is 8.81. The molecule has 0 bridgehead atoms. The first-order chi connectivity index (χ1) is 29.6. The standard InChI is InChI=1S/C18H24FN3O9.C12H18FNO8.C6H8N2O2/c1-9(23)21-16-17(28)15(19)10(31-18(16)29)8-30-14(27)5-2-11(24)20-6-7-22-12(25)3-4-13(22)26;1-5(15)14-10-11(19)9(13)6(22-12(10)20)4-21-8(18)3-2-7(16)17;7-3-4-8-5(9)1-2-6(8)10/h3-4,10,15-18,28-29H,2,5-8H2,1H3,(H,20,24)(H,21,23);6,9-12,19-20H,2-4H2,1H3,(H,14,15)(H,16,17);1-2H,3-4,7H2/t10-,15-,16-,17+,18?;6-,9-,10-,11+,12?;/m11./s1. The second kappa shape index (κ2) is 25.9. The predicted molar refractivity (Wildman–Crippen MR) is 201 cm³/mol. The summed E-state index contributed by atoms with van der Waals surface area (Å²) < 4.78 is 47.5. The normalized spacial score (nSPS) is 27.4. The lowest BCUT2D eigenvalue weighted by atomic mass is 9.98. The van der Waals surface area contributed by atoms with Gasteiger partial charge in [0, 0.05) is 70.8 Å². The number of aliphatic hydroxyl groups excluding tert-OH is 4. The number of ether oxygens (including phenoxy) is 4. The van der Waals surface area contributed by atoms with E-state index in [-0.39, 0.29) is 37.7 Å². The van der Waals surface area contributed by atoms with Crippen molar-refractivity contribution in [2.75, 3.05) is 39.4 Å². The molecule has 0 saturated carbocycles. The fraction of sp³-hybridized carbons (Fsp3) is 0.611. The average Bonchev–Trinajstić information content (AvgIpc) is 3.72. The van der Waals surface area contributed by atoms with Gasteiger partial charge < -0.3 is 66.2 Å². The Balaban J connectivity index is 0.000000368. The smallest absolute Gasteiger partial charge is 0.306 e. The van der Waals surface area contributed by atoms with E-state index in [4.69, 9.17) is 25.1 Å². The summed E-state index contributed by atoms with van der Waals surface area (Å²) in [6, 6.07) is -2.71. The zero-order valence-electron chi connectivity index (χ0n) is 33.8. The van der Waals surface area contributed by atoms with Crippen LogP contribution in [0.25, 0.3) is 0 Å². The van der Waals surface area contributed by atoms with Crippen LogP contribution in [0.2, 0.25) is 0 Å². The van der Waals surface area contributed by atoms with E-state index in [9.17, 15) is 77.2 Å². The van der Waals surface area contributed by atoms with Crippen molar-refractivity contribution in [1.29, 1.82) is 0 Å². The lowest BCUT2D eigenvalue weighted by molar-refractivity contribution is -0.242. The van der Waals surface area contributed by atoms with Crippen molar-refractivity contribution in [3.05, 3.63) is 24.3 Å². The zero-order valence-corrected chi connectivity index (χ0v) is 33.8. The molecule has 27 heteroatoms. The number of rotatable bonds is 17. The molecule has 0 aliphatic carbocycles. The van der Waals surface area contributed by atoms with E-state index in [1.807, 2.05) is 0 Å². The van der Waals surface area contributed by atoms with Crippen LogP contribution in [0.3, 0.4) is 0 Å². The van der Waals surface area contributed by atoms with E-state index in [1.54, 1.807) is 0 Å². The van der Waals surface area contributed by atoms with Crippen molar-refractivity contribution in [3.8, 4) is 0 Å². The second-order valence-corrected chi connectivity index (χ2v) is 13.7. The Morgan fingerprint density at radius 3 is 1.41 bits per heavy atom. The summed E-state index contributed by atoms with van der Waals surface area (Å²) in [6.45, 7) is 1.67. The first kappa shape index (κ1) is 53.3. The number of alkyl halides is 2. The number of carboxylic acids is 1. The minimum absolute atomic E-state index is 0.0116. The topological polar surface area (TPSA) is 377 Å². The highest BCUT2D eigenvalue weighted by Crippen LogP contribution is 2.24.